The lowest BCUT2D eigenvalue weighted by atomic mass is 10.2. The molecule has 0 bridgehead atoms. The molecule has 0 aromatic carbocycles. The van der Waals surface area contributed by atoms with Crippen LogP contribution in [0, 0.1) is 0 Å². The van der Waals surface area contributed by atoms with Gasteiger partial charge in [0.2, 0.25) is 10.0 Å². The maximum atomic E-state index is 12.7. The van der Waals surface area contributed by atoms with E-state index in [-0.39, 0.29) is 10.9 Å². The van der Waals surface area contributed by atoms with Gasteiger partial charge in [0.25, 0.3) is 0 Å². The Morgan fingerprint density at radius 3 is 2.85 bits per heavy atom. The first-order valence-electron chi connectivity index (χ1n) is 6.65. The maximum absolute atomic E-state index is 12.7. The SMILES string of the molecule is CCN1CCN(S(=O)(=O)c2cnccc2NN)CC1C. The molecule has 20 heavy (non-hydrogen) atoms. The van der Waals surface area contributed by atoms with E-state index in [9.17, 15) is 8.42 Å². The predicted octanol–water partition coefficient (Wildman–Crippen LogP) is 0.0819. The van der Waals surface area contributed by atoms with Gasteiger partial charge in [0.15, 0.2) is 0 Å². The molecule has 1 atom stereocenters. The van der Waals surface area contributed by atoms with Crippen molar-refractivity contribution in [1.29, 1.82) is 0 Å². The Balaban J connectivity index is 2.27. The van der Waals surface area contributed by atoms with Gasteiger partial charge in [0.1, 0.15) is 4.90 Å². The van der Waals surface area contributed by atoms with Crippen LogP contribution in [0.15, 0.2) is 23.4 Å². The highest BCUT2D eigenvalue weighted by Gasteiger charge is 2.33. The summed E-state index contributed by atoms with van der Waals surface area (Å²) in [5.41, 5.74) is 2.78. The summed E-state index contributed by atoms with van der Waals surface area (Å²) in [4.78, 5) is 6.28. The first kappa shape index (κ1) is 15.2. The first-order valence-corrected chi connectivity index (χ1v) is 8.09. The molecule has 3 N–H and O–H groups in total. The Bertz CT molecular complexity index is 563. The Hall–Kier alpha value is -1.22. The molecule has 1 fully saturated rings. The second-order valence-corrected chi connectivity index (χ2v) is 6.76. The Morgan fingerprint density at radius 1 is 1.50 bits per heavy atom. The van der Waals surface area contributed by atoms with Crippen molar-refractivity contribution in [2.24, 2.45) is 5.84 Å². The first-order chi connectivity index (χ1) is 9.50. The number of nitrogen functional groups attached to an aromatic ring is 1. The minimum absolute atomic E-state index is 0.125. The molecular formula is C12H21N5O2S. The average Bonchev–Trinajstić information content (AvgIpc) is 2.47. The third-order valence-electron chi connectivity index (χ3n) is 3.69. The van der Waals surface area contributed by atoms with Crippen molar-refractivity contribution in [2.75, 3.05) is 31.6 Å². The number of nitrogens with zero attached hydrogens (tertiary/aromatic N) is 3. The van der Waals surface area contributed by atoms with E-state index in [1.165, 1.54) is 16.7 Å². The lowest BCUT2D eigenvalue weighted by Crippen LogP contribution is -2.53. The zero-order valence-corrected chi connectivity index (χ0v) is 12.6. The lowest BCUT2D eigenvalue weighted by molar-refractivity contribution is 0.135. The van der Waals surface area contributed by atoms with Gasteiger partial charge in [0, 0.05) is 38.1 Å². The fourth-order valence-electron chi connectivity index (χ4n) is 2.49. The summed E-state index contributed by atoms with van der Waals surface area (Å²) in [5, 5.41) is 0. The summed E-state index contributed by atoms with van der Waals surface area (Å²) in [5.74, 6) is 5.38. The summed E-state index contributed by atoms with van der Waals surface area (Å²) in [6.07, 6.45) is 2.84. The number of aromatic nitrogens is 1. The lowest BCUT2D eigenvalue weighted by Gasteiger charge is -2.38. The molecule has 2 heterocycles. The normalized spacial score (nSPS) is 21.9. The molecule has 0 saturated carbocycles. The van der Waals surface area contributed by atoms with Crippen LogP contribution in [-0.2, 0) is 10.0 Å². The van der Waals surface area contributed by atoms with Crippen LogP contribution >= 0.6 is 0 Å². The number of anilines is 1. The van der Waals surface area contributed by atoms with Crippen molar-refractivity contribution in [1.82, 2.24) is 14.2 Å². The molecule has 112 valence electrons. The van der Waals surface area contributed by atoms with Gasteiger partial charge in [-0.05, 0) is 19.5 Å². The third kappa shape index (κ3) is 2.78. The molecule has 1 aromatic rings. The third-order valence-corrected chi connectivity index (χ3v) is 5.58. The summed E-state index contributed by atoms with van der Waals surface area (Å²) in [6, 6.07) is 1.76. The van der Waals surface area contributed by atoms with Crippen LogP contribution in [0.25, 0.3) is 0 Å². The van der Waals surface area contributed by atoms with Crippen molar-refractivity contribution < 1.29 is 8.42 Å². The molecule has 8 heteroatoms. The summed E-state index contributed by atoms with van der Waals surface area (Å²) in [7, 11) is -3.57. The molecule has 1 aromatic heterocycles. The zero-order chi connectivity index (χ0) is 14.8. The van der Waals surface area contributed by atoms with Gasteiger partial charge in [-0.1, -0.05) is 6.92 Å². The number of nitrogens with two attached hydrogens (primary N) is 1. The highest BCUT2D eigenvalue weighted by atomic mass is 32.2. The van der Waals surface area contributed by atoms with Gasteiger partial charge in [-0.25, -0.2) is 8.42 Å². The van der Waals surface area contributed by atoms with Crippen molar-refractivity contribution in [3.05, 3.63) is 18.5 Å². The van der Waals surface area contributed by atoms with Gasteiger partial charge < -0.3 is 5.43 Å². The van der Waals surface area contributed by atoms with Crippen LogP contribution in [0.5, 0.6) is 0 Å². The fourth-order valence-corrected chi connectivity index (χ4v) is 4.10. The number of likely N-dealkylation sites (N-methyl/N-ethyl adjacent to an activating group) is 1. The molecule has 0 spiro atoms. The number of sulfonamides is 1. The van der Waals surface area contributed by atoms with Crippen LogP contribution in [0.3, 0.4) is 0 Å². The van der Waals surface area contributed by atoms with Crippen LogP contribution in [0.1, 0.15) is 13.8 Å². The number of hydrazine groups is 1. The molecule has 1 aliphatic rings. The molecule has 2 rings (SSSR count). The smallest absolute Gasteiger partial charge is 0.246 e. The van der Waals surface area contributed by atoms with Crippen molar-refractivity contribution in [3.63, 3.8) is 0 Å². The van der Waals surface area contributed by atoms with Gasteiger partial charge >= 0.3 is 0 Å². The van der Waals surface area contributed by atoms with Gasteiger partial charge in [0.05, 0.1) is 5.69 Å². The monoisotopic (exact) mass is 299 g/mol. The van der Waals surface area contributed by atoms with E-state index >= 15 is 0 Å². The average molecular weight is 299 g/mol. The fraction of sp³-hybridized carbons (Fsp3) is 0.583. The van der Waals surface area contributed by atoms with Crippen LogP contribution in [0.2, 0.25) is 0 Å². The van der Waals surface area contributed by atoms with Gasteiger partial charge in [-0.3, -0.25) is 15.7 Å². The summed E-state index contributed by atoms with van der Waals surface area (Å²) >= 11 is 0. The number of rotatable bonds is 4. The number of hydrogen-bond acceptors (Lipinski definition) is 6. The van der Waals surface area contributed by atoms with Crippen LogP contribution in [-0.4, -0.2) is 54.8 Å². The highest BCUT2D eigenvalue weighted by Crippen LogP contribution is 2.24. The Labute approximate surface area is 119 Å². The number of hydrogen-bond donors (Lipinski definition) is 2. The molecule has 1 saturated heterocycles. The Kier molecular flexibility index (Phi) is 4.59. The number of pyridine rings is 1. The van der Waals surface area contributed by atoms with E-state index in [0.29, 0.717) is 18.8 Å². The molecule has 1 unspecified atom stereocenters. The highest BCUT2D eigenvalue weighted by molar-refractivity contribution is 7.89. The van der Waals surface area contributed by atoms with E-state index in [1.54, 1.807) is 6.07 Å². The largest absolute Gasteiger partial charge is 0.323 e. The standard InChI is InChI=1S/C12H21N5O2S/c1-3-16-6-7-17(9-10(16)2)20(18,19)12-8-14-5-4-11(12)15-13/h4-5,8,10H,3,6-7,9,13H2,1-2H3,(H,14,15). The number of nitrogens with one attached hydrogen (secondary N) is 1. The van der Waals surface area contributed by atoms with Crippen molar-refractivity contribution in [3.8, 4) is 0 Å². The van der Waals surface area contributed by atoms with Crippen LogP contribution < -0.4 is 11.3 Å². The van der Waals surface area contributed by atoms with Crippen molar-refractivity contribution >= 4 is 15.7 Å². The minimum Gasteiger partial charge on any atom is -0.323 e. The van der Waals surface area contributed by atoms with Gasteiger partial charge in [-0.15, -0.1) is 0 Å². The molecule has 0 amide bonds. The topological polar surface area (TPSA) is 91.6 Å². The molecule has 7 nitrogen and oxygen atoms in total. The maximum Gasteiger partial charge on any atom is 0.246 e. The van der Waals surface area contributed by atoms with Gasteiger partial charge in [-0.2, -0.15) is 4.31 Å². The van der Waals surface area contributed by atoms with Crippen molar-refractivity contribution in [2.45, 2.75) is 24.8 Å². The van der Waals surface area contributed by atoms with E-state index in [0.717, 1.165) is 13.1 Å². The van der Waals surface area contributed by atoms with E-state index in [1.807, 2.05) is 6.92 Å². The molecular weight excluding hydrogens is 278 g/mol. The molecule has 0 aliphatic carbocycles. The number of piperazine rings is 1. The van der Waals surface area contributed by atoms with E-state index in [4.69, 9.17) is 5.84 Å². The second-order valence-electron chi connectivity index (χ2n) is 4.86. The van der Waals surface area contributed by atoms with Crippen LogP contribution in [0.4, 0.5) is 5.69 Å². The van der Waals surface area contributed by atoms with E-state index < -0.39 is 10.0 Å². The summed E-state index contributed by atoms with van der Waals surface area (Å²) < 4.78 is 26.9. The predicted molar refractivity (Wildman–Crippen MR) is 77.5 cm³/mol. The summed E-state index contributed by atoms with van der Waals surface area (Å²) in [6.45, 7) is 6.75. The second kappa shape index (κ2) is 6.04. The Morgan fingerprint density at radius 2 is 2.25 bits per heavy atom. The van der Waals surface area contributed by atoms with E-state index in [2.05, 4.69) is 22.2 Å². The zero-order valence-electron chi connectivity index (χ0n) is 11.8. The minimum atomic E-state index is -3.57. The quantitative estimate of drug-likeness (QED) is 0.604. The molecule has 1 aliphatic heterocycles. The molecule has 0 radical (unpaired) electrons.